The van der Waals surface area contributed by atoms with Crippen LogP contribution in [0.1, 0.15) is 39.2 Å². The van der Waals surface area contributed by atoms with E-state index in [-0.39, 0.29) is 18.1 Å². The molecule has 1 amide bonds. The van der Waals surface area contributed by atoms with Gasteiger partial charge in [0.2, 0.25) is 0 Å². The van der Waals surface area contributed by atoms with Crippen LogP contribution in [0.3, 0.4) is 0 Å². The van der Waals surface area contributed by atoms with Gasteiger partial charge in [0.25, 0.3) is 0 Å². The Bertz CT molecular complexity index is 898. The summed E-state index contributed by atoms with van der Waals surface area (Å²) in [5.74, 6) is 1.25. The van der Waals surface area contributed by atoms with Crippen LogP contribution in [0.15, 0.2) is 59.5 Å². The van der Waals surface area contributed by atoms with Crippen LogP contribution in [0, 0.1) is 5.92 Å². The second-order valence-electron chi connectivity index (χ2n) is 9.10. The van der Waals surface area contributed by atoms with Gasteiger partial charge in [-0.1, -0.05) is 18.2 Å². The highest BCUT2D eigenvalue weighted by molar-refractivity contribution is 7.99. The van der Waals surface area contributed by atoms with E-state index in [0.29, 0.717) is 25.3 Å². The molecule has 0 spiro atoms. The molecule has 0 aromatic heterocycles. The summed E-state index contributed by atoms with van der Waals surface area (Å²) in [5.41, 5.74) is -1.28. The maximum absolute atomic E-state index is 12.9. The average Bonchev–Trinajstić information content (AvgIpc) is 3.23. The Morgan fingerprint density at radius 2 is 1.76 bits per heavy atom. The van der Waals surface area contributed by atoms with Crippen LogP contribution < -0.4 is 4.74 Å². The minimum Gasteiger partial charge on any atom is -0.490 e. The fourth-order valence-electron chi connectivity index (χ4n) is 3.68. The van der Waals surface area contributed by atoms with Gasteiger partial charge < -0.3 is 14.4 Å². The first kappa shape index (κ1) is 25.3. The number of hydrogen-bond donors (Lipinski definition) is 0. The van der Waals surface area contributed by atoms with Crippen LogP contribution in [-0.2, 0) is 10.9 Å². The molecule has 1 heterocycles. The number of rotatable bonds is 7. The van der Waals surface area contributed by atoms with Crippen molar-refractivity contribution in [1.29, 1.82) is 0 Å². The van der Waals surface area contributed by atoms with E-state index < -0.39 is 17.3 Å². The molecule has 33 heavy (non-hydrogen) atoms. The monoisotopic (exact) mass is 481 g/mol. The maximum atomic E-state index is 12.9. The minimum absolute atomic E-state index is 0.0659. The van der Waals surface area contributed by atoms with Crippen LogP contribution in [0.25, 0.3) is 0 Å². The topological polar surface area (TPSA) is 38.8 Å². The molecule has 0 saturated carbocycles. The molecular weight excluding hydrogens is 451 g/mol. The predicted octanol–water partition coefficient (Wildman–Crippen LogP) is 6.89. The molecule has 4 nitrogen and oxygen atoms in total. The Kier molecular flexibility index (Phi) is 8.21. The van der Waals surface area contributed by atoms with E-state index in [1.165, 1.54) is 12.1 Å². The molecule has 1 fully saturated rings. The molecule has 2 aromatic carbocycles. The van der Waals surface area contributed by atoms with Gasteiger partial charge in [-0.2, -0.15) is 13.2 Å². The number of carbonyl (C=O) groups is 1. The van der Waals surface area contributed by atoms with Crippen molar-refractivity contribution < 1.29 is 27.4 Å². The molecular formula is C25H30F3NO3S. The Balaban J connectivity index is 1.66. The van der Waals surface area contributed by atoms with Gasteiger partial charge >= 0.3 is 12.3 Å². The zero-order valence-corrected chi connectivity index (χ0v) is 19.9. The zero-order chi connectivity index (χ0) is 24.1. The zero-order valence-electron chi connectivity index (χ0n) is 19.1. The Hall–Kier alpha value is -2.35. The van der Waals surface area contributed by atoms with Crippen molar-refractivity contribution in [1.82, 2.24) is 4.90 Å². The van der Waals surface area contributed by atoms with Gasteiger partial charge in [-0.3, -0.25) is 0 Å². The van der Waals surface area contributed by atoms with E-state index in [1.807, 2.05) is 51.1 Å². The molecule has 180 valence electrons. The Morgan fingerprint density at radius 3 is 2.36 bits per heavy atom. The smallest absolute Gasteiger partial charge is 0.416 e. The lowest BCUT2D eigenvalue weighted by molar-refractivity contribution is -0.137. The van der Waals surface area contributed by atoms with E-state index in [2.05, 4.69) is 0 Å². The number of thioether (sulfide) groups is 1. The summed E-state index contributed by atoms with van der Waals surface area (Å²) >= 11 is 1.70. The molecule has 0 radical (unpaired) electrons. The van der Waals surface area contributed by atoms with Crippen molar-refractivity contribution in [2.45, 2.75) is 56.4 Å². The summed E-state index contributed by atoms with van der Waals surface area (Å²) in [6.07, 6.45) is -3.51. The first-order chi connectivity index (χ1) is 15.5. The van der Waals surface area contributed by atoms with Gasteiger partial charge in [0.15, 0.2) is 0 Å². The molecule has 1 aliphatic rings. The third kappa shape index (κ3) is 7.88. The van der Waals surface area contributed by atoms with Crippen LogP contribution in [0.2, 0.25) is 0 Å². The minimum atomic E-state index is -4.39. The number of carbonyl (C=O) groups excluding carboxylic acids is 1. The summed E-state index contributed by atoms with van der Waals surface area (Å²) < 4.78 is 50.4. The summed E-state index contributed by atoms with van der Waals surface area (Å²) in [5, 5.41) is 0. The molecule has 0 aliphatic carbocycles. The first-order valence-electron chi connectivity index (χ1n) is 11.0. The van der Waals surface area contributed by atoms with Gasteiger partial charge in [0.05, 0.1) is 5.56 Å². The Labute approximate surface area is 197 Å². The summed E-state index contributed by atoms with van der Waals surface area (Å²) in [6.45, 7) is 6.55. The van der Waals surface area contributed by atoms with Gasteiger partial charge in [-0.25, -0.2) is 4.79 Å². The van der Waals surface area contributed by atoms with E-state index in [0.717, 1.165) is 29.2 Å². The predicted molar refractivity (Wildman–Crippen MR) is 124 cm³/mol. The highest BCUT2D eigenvalue weighted by Crippen LogP contribution is 2.32. The van der Waals surface area contributed by atoms with Gasteiger partial charge in [-0.15, -0.1) is 11.8 Å². The number of amides is 1. The van der Waals surface area contributed by atoms with Crippen LogP contribution in [0.4, 0.5) is 18.0 Å². The average molecular weight is 482 g/mol. The maximum Gasteiger partial charge on any atom is 0.416 e. The van der Waals surface area contributed by atoms with E-state index in [4.69, 9.17) is 9.47 Å². The highest BCUT2D eigenvalue weighted by Gasteiger charge is 2.35. The van der Waals surface area contributed by atoms with Crippen LogP contribution in [-0.4, -0.2) is 41.5 Å². The summed E-state index contributed by atoms with van der Waals surface area (Å²) in [4.78, 5) is 15.3. The number of halogens is 3. The number of hydrogen-bond acceptors (Lipinski definition) is 4. The van der Waals surface area contributed by atoms with Gasteiger partial charge in [-0.05, 0) is 70.0 Å². The van der Waals surface area contributed by atoms with Crippen LogP contribution >= 0.6 is 11.8 Å². The number of benzene rings is 2. The van der Waals surface area contributed by atoms with Crippen molar-refractivity contribution in [3.8, 4) is 5.75 Å². The summed E-state index contributed by atoms with van der Waals surface area (Å²) in [7, 11) is 0. The third-order valence-corrected chi connectivity index (χ3v) is 6.33. The quantitative estimate of drug-likeness (QED) is 0.404. The summed E-state index contributed by atoms with van der Waals surface area (Å²) in [6, 6.07) is 14.8. The first-order valence-corrected chi connectivity index (χ1v) is 12.0. The molecule has 8 heteroatoms. The van der Waals surface area contributed by atoms with Gasteiger partial charge in [0.1, 0.15) is 17.5 Å². The normalized spacial score (nSPS) is 17.6. The molecule has 0 unspecified atom stereocenters. The molecule has 0 N–H and O–H groups in total. The largest absolute Gasteiger partial charge is 0.490 e. The third-order valence-electron chi connectivity index (χ3n) is 5.29. The number of likely N-dealkylation sites (tertiary alicyclic amines) is 1. The second kappa shape index (κ2) is 10.7. The molecule has 0 bridgehead atoms. The number of alkyl halides is 3. The molecule has 1 aliphatic heterocycles. The van der Waals surface area contributed by atoms with Crippen molar-refractivity contribution in [3.05, 3.63) is 60.2 Å². The van der Waals surface area contributed by atoms with E-state index >= 15 is 0 Å². The highest BCUT2D eigenvalue weighted by atomic mass is 32.2. The number of ether oxygens (including phenoxy) is 2. The van der Waals surface area contributed by atoms with E-state index in [1.54, 1.807) is 16.7 Å². The van der Waals surface area contributed by atoms with Crippen LogP contribution in [0.5, 0.6) is 5.75 Å². The van der Waals surface area contributed by atoms with Gasteiger partial charge in [0, 0.05) is 29.7 Å². The fourth-order valence-corrected chi connectivity index (χ4v) is 4.62. The second-order valence-corrected chi connectivity index (χ2v) is 10.3. The molecule has 1 saturated heterocycles. The SMILES string of the molecule is CC(C)(C)OC(=O)N1CC[C@H]([C@@H](CCSc2ccccc2)Oc2ccc(C(F)(F)F)cc2)C1. The molecule has 2 atom stereocenters. The lowest BCUT2D eigenvalue weighted by atomic mass is 9.99. The van der Waals surface area contributed by atoms with Crippen molar-refractivity contribution in [2.24, 2.45) is 5.92 Å². The van der Waals surface area contributed by atoms with Crippen molar-refractivity contribution >= 4 is 17.9 Å². The molecule has 3 rings (SSSR count). The van der Waals surface area contributed by atoms with Crippen molar-refractivity contribution in [3.63, 3.8) is 0 Å². The Morgan fingerprint density at radius 1 is 1.09 bits per heavy atom. The van der Waals surface area contributed by atoms with Crippen molar-refractivity contribution in [2.75, 3.05) is 18.8 Å². The number of nitrogens with zero attached hydrogens (tertiary/aromatic N) is 1. The lowest BCUT2D eigenvalue weighted by Crippen LogP contribution is -2.37. The fraction of sp³-hybridized carbons (Fsp3) is 0.480. The standard InChI is InChI=1S/C25H30F3NO3S/c1-24(2,3)32-23(30)29-15-13-18(17-29)22(14-16-33-21-7-5-4-6-8-21)31-20-11-9-19(10-12-20)25(26,27)28/h4-12,18,22H,13-17H2,1-3H3/t18-,22+/m0/s1. The lowest BCUT2D eigenvalue weighted by Gasteiger charge is -2.27. The molecule has 2 aromatic rings. The van der Waals surface area contributed by atoms with E-state index in [9.17, 15) is 18.0 Å².